The van der Waals surface area contributed by atoms with Crippen molar-refractivity contribution in [3.05, 3.63) is 29.8 Å². The van der Waals surface area contributed by atoms with Crippen LogP contribution in [-0.4, -0.2) is 19.0 Å². The topological polar surface area (TPSA) is 41.1 Å². The lowest BCUT2D eigenvalue weighted by Gasteiger charge is -2.11. The summed E-state index contributed by atoms with van der Waals surface area (Å²) in [6, 6.07) is 3.47. The van der Waals surface area contributed by atoms with Gasteiger partial charge >= 0.3 is 0 Å². The van der Waals surface area contributed by atoms with E-state index in [1.807, 2.05) is 0 Å². The maximum absolute atomic E-state index is 13.3. The van der Waals surface area contributed by atoms with Crippen molar-refractivity contribution in [3.8, 4) is 0 Å². The van der Waals surface area contributed by atoms with Crippen LogP contribution in [0.15, 0.2) is 18.2 Å². The molecule has 2 N–H and O–H groups in total. The summed E-state index contributed by atoms with van der Waals surface area (Å²) in [5.74, 6) is -1.97. The summed E-state index contributed by atoms with van der Waals surface area (Å²) in [6.07, 6.45) is 2.31. The second-order valence-corrected chi connectivity index (χ2v) is 5.06. The number of para-hydroxylation sites is 1. The van der Waals surface area contributed by atoms with Crippen molar-refractivity contribution in [2.75, 3.05) is 18.4 Å². The van der Waals surface area contributed by atoms with Crippen LogP contribution in [0.5, 0.6) is 0 Å². The molecular formula is C13H16F2N2O. The molecule has 0 unspecified atom stereocenters. The van der Waals surface area contributed by atoms with Crippen molar-refractivity contribution in [1.82, 2.24) is 5.32 Å². The highest BCUT2D eigenvalue weighted by molar-refractivity contribution is 5.92. The molecule has 1 aromatic carbocycles. The molecule has 2 rings (SSSR count). The number of nitrogens with one attached hydrogen (secondary N) is 2. The number of carbonyl (C=O) groups excluding carboxylic acids is 1. The van der Waals surface area contributed by atoms with Gasteiger partial charge in [0.25, 0.3) is 0 Å². The Morgan fingerprint density at radius 3 is 2.50 bits per heavy atom. The van der Waals surface area contributed by atoms with Gasteiger partial charge in [-0.1, -0.05) is 13.0 Å². The quantitative estimate of drug-likeness (QED) is 0.846. The van der Waals surface area contributed by atoms with Gasteiger partial charge in [0.2, 0.25) is 5.91 Å². The minimum atomic E-state index is -0.766. The first-order valence-corrected chi connectivity index (χ1v) is 5.95. The summed E-state index contributed by atoms with van der Waals surface area (Å²) in [6.45, 7) is 2.94. The van der Waals surface area contributed by atoms with Gasteiger partial charge in [0.05, 0.1) is 6.54 Å². The summed E-state index contributed by atoms with van der Waals surface area (Å²) in [7, 11) is 0. The number of amides is 1. The molecule has 1 aliphatic carbocycles. The van der Waals surface area contributed by atoms with Crippen molar-refractivity contribution < 1.29 is 13.6 Å². The summed E-state index contributed by atoms with van der Waals surface area (Å²) in [4.78, 5) is 11.5. The maximum Gasteiger partial charge on any atom is 0.238 e. The Kier molecular flexibility index (Phi) is 3.61. The highest BCUT2D eigenvalue weighted by Crippen LogP contribution is 2.43. The van der Waals surface area contributed by atoms with Crippen LogP contribution < -0.4 is 10.6 Å². The van der Waals surface area contributed by atoms with Crippen molar-refractivity contribution in [2.24, 2.45) is 5.41 Å². The van der Waals surface area contributed by atoms with Crippen LogP contribution in [0.25, 0.3) is 0 Å². The molecule has 0 radical (unpaired) electrons. The van der Waals surface area contributed by atoms with Gasteiger partial charge in [-0.2, -0.15) is 0 Å². The fourth-order valence-electron chi connectivity index (χ4n) is 1.67. The van der Waals surface area contributed by atoms with Gasteiger partial charge in [-0.15, -0.1) is 0 Å². The molecule has 1 saturated carbocycles. The van der Waals surface area contributed by atoms with Gasteiger partial charge in [-0.3, -0.25) is 4.79 Å². The number of hydrogen-bond acceptors (Lipinski definition) is 2. The molecule has 0 atom stereocenters. The van der Waals surface area contributed by atoms with E-state index < -0.39 is 17.5 Å². The van der Waals surface area contributed by atoms with Crippen LogP contribution in [0.3, 0.4) is 0 Å². The first-order valence-electron chi connectivity index (χ1n) is 5.95. The minimum Gasteiger partial charge on any atom is -0.320 e. The average Bonchev–Trinajstić information content (AvgIpc) is 3.02. The summed E-state index contributed by atoms with van der Waals surface area (Å²) >= 11 is 0. The van der Waals surface area contributed by atoms with Crippen molar-refractivity contribution >= 4 is 11.6 Å². The predicted molar refractivity (Wildman–Crippen MR) is 65.2 cm³/mol. The summed E-state index contributed by atoms with van der Waals surface area (Å²) < 4.78 is 26.5. The number of anilines is 1. The fraction of sp³-hybridized carbons (Fsp3) is 0.462. The predicted octanol–water partition coefficient (Wildman–Crippen LogP) is 2.29. The van der Waals surface area contributed by atoms with Crippen LogP contribution in [0.4, 0.5) is 14.5 Å². The van der Waals surface area contributed by atoms with Gasteiger partial charge in [0.15, 0.2) is 0 Å². The largest absolute Gasteiger partial charge is 0.320 e. The normalized spacial score (nSPS) is 16.4. The lowest BCUT2D eigenvalue weighted by atomic mass is 10.1. The molecular weight excluding hydrogens is 238 g/mol. The van der Waals surface area contributed by atoms with Gasteiger partial charge in [-0.05, 0) is 30.4 Å². The molecule has 1 aliphatic rings. The Labute approximate surface area is 105 Å². The third-order valence-corrected chi connectivity index (χ3v) is 3.17. The molecule has 1 aromatic rings. The van der Waals surface area contributed by atoms with Crippen LogP contribution >= 0.6 is 0 Å². The van der Waals surface area contributed by atoms with Crippen LogP contribution in [0, 0.1) is 17.0 Å². The lowest BCUT2D eigenvalue weighted by molar-refractivity contribution is -0.115. The molecule has 0 aliphatic heterocycles. The second-order valence-electron chi connectivity index (χ2n) is 5.06. The Morgan fingerprint density at radius 2 is 1.94 bits per heavy atom. The van der Waals surface area contributed by atoms with E-state index in [0.29, 0.717) is 5.41 Å². The molecule has 0 spiro atoms. The van der Waals surface area contributed by atoms with E-state index in [4.69, 9.17) is 0 Å². The molecule has 1 fully saturated rings. The molecule has 5 heteroatoms. The highest BCUT2D eigenvalue weighted by Gasteiger charge is 2.36. The minimum absolute atomic E-state index is 0.0589. The first-order chi connectivity index (χ1) is 8.50. The molecule has 0 heterocycles. The third-order valence-electron chi connectivity index (χ3n) is 3.17. The first kappa shape index (κ1) is 13.0. The van der Waals surface area contributed by atoms with Gasteiger partial charge in [-0.25, -0.2) is 8.78 Å². The van der Waals surface area contributed by atoms with E-state index in [0.717, 1.165) is 31.5 Å². The zero-order valence-corrected chi connectivity index (χ0v) is 10.2. The van der Waals surface area contributed by atoms with Crippen LogP contribution in [0.2, 0.25) is 0 Å². The molecule has 0 aromatic heterocycles. The number of halogens is 2. The molecule has 18 heavy (non-hydrogen) atoms. The van der Waals surface area contributed by atoms with Crippen LogP contribution in [-0.2, 0) is 4.79 Å². The van der Waals surface area contributed by atoms with E-state index in [1.54, 1.807) is 0 Å². The molecule has 0 bridgehead atoms. The number of carbonyl (C=O) groups is 1. The molecule has 3 nitrogen and oxygen atoms in total. The van der Waals surface area contributed by atoms with Gasteiger partial charge < -0.3 is 10.6 Å². The standard InChI is InChI=1S/C13H16F2N2O/c1-13(5-6-13)8-16-7-11(18)17-12-9(14)3-2-4-10(12)15/h2-4,16H,5-8H2,1H3,(H,17,18). The Morgan fingerprint density at radius 1 is 1.33 bits per heavy atom. The lowest BCUT2D eigenvalue weighted by Crippen LogP contribution is -2.32. The zero-order chi connectivity index (χ0) is 13.2. The third kappa shape index (κ3) is 3.26. The summed E-state index contributed by atoms with van der Waals surface area (Å²) in [5, 5.41) is 5.22. The van der Waals surface area contributed by atoms with E-state index in [1.165, 1.54) is 6.07 Å². The maximum atomic E-state index is 13.3. The van der Waals surface area contributed by atoms with Crippen molar-refractivity contribution in [3.63, 3.8) is 0 Å². The van der Waals surface area contributed by atoms with Gasteiger partial charge in [0.1, 0.15) is 17.3 Å². The smallest absolute Gasteiger partial charge is 0.238 e. The number of hydrogen-bond donors (Lipinski definition) is 2. The Balaban J connectivity index is 1.83. The van der Waals surface area contributed by atoms with E-state index >= 15 is 0 Å². The van der Waals surface area contributed by atoms with Crippen molar-refractivity contribution in [2.45, 2.75) is 19.8 Å². The Hall–Kier alpha value is -1.49. The molecule has 98 valence electrons. The highest BCUT2D eigenvalue weighted by atomic mass is 19.1. The Bertz CT molecular complexity index is 438. The van der Waals surface area contributed by atoms with Gasteiger partial charge in [0, 0.05) is 6.54 Å². The molecule has 1 amide bonds. The number of rotatable bonds is 5. The SMILES string of the molecule is CC1(CNCC(=O)Nc2c(F)cccc2F)CC1. The number of benzene rings is 1. The zero-order valence-electron chi connectivity index (χ0n) is 10.2. The fourth-order valence-corrected chi connectivity index (χ4v) is 1.67. The average molecular weight is 254 g/mol. The second kappa shape index (κ2) is 5.02. The van der Waals surface area contributed by atoms with E-state index in [-0.39, 0.29) is 12.2 Å². The van der Waals surface area contributed by atoms with E-state index in [2.05, 4.69) is 17.6 Å². The van der Waals surface area contributed by atoms with E-state index in [9.17, 15) is 13.6 Å². The molecule has 0 saturated heterocycles. The van der Waals surface area contributed by atoms with Crippen molar-refractivity contribution in [1.29, 1.82) is 0 Å². The van der Waals surface area contributed by atoms with Crippen LogP contribution in [0.1, 0.15) is 19.8 Å². The monoisotopic (exact) mass is 254 g/mol. The summed E-state index contributed by atoms with van der Waals surface area (Å²) in [5.41, 5.74) is -0.0919.